The number of ketones is 2. The Morgan fingerprint density at radius 1 is 1.25 bits per heavy atom. The Morgan fingerprint density at radius 3 is 2.71 bits per heavy atom. The minimum atomic E-state index is -0.235. The number of hydrogen-bond acceptors (Lipinski definition) is 3. The Hall–Kier alpha value is -0.960. The maximum atomic E-state index is 13.3. The fourth-order valence-electron chi connectivity index (χ4n) is 7.17. The molecule has 3 fully saturated rings. The largest absolute Gasteiger partial charge is 0.393 e. The summed E-state index contributed by atoms with van der Waals surface area (Å²) in [5.74, 6) is 2.02. The normalized spacial score (nSPS) is 50.6. The molecule has 24 heavy (non-hydrogen) atoms. The molecule has 3 nitrogen and oxygen atoms in total. The van der Waals surface area contributed by atoms with Crippen molar-refractivity contribution in [2.24, 2.45) is 34.5 Å². The number of fused-ring (bicyclic) bond motifs is 5. The van der Waals surface area contributed by atoms with E-state index in [-0.39, 0.29) is 28.6 Å². The summed E-state index contributed by atoms with van der Waals surface area (Å²) >= 11 is 0. The van der Waals surface area contributed by atoms with Crippen molar-refractivity contribution in [3.63, 3.8) is 0 Å². The summed E-state index contributed by atoms with van der Waals surface area (Å²) in [5.41, 5.74) is 0.728. The molecule has 0 saturated heterocycles. The predicted molar refractivity (Wildman–Crippen MR) is 92.3 cm³/mol. The van der Waals surface area contributed by atoms with Gasteiger partial charge in [0.15, 0.2) is 5.78 Å². The molecule has 0 spiro atoms. The lowest BCUT2D eigenvalue weighted by Crippen LogP contribution is -2.57. The predicted octanol–water partition coefficient (Wildman–Crippen LogP) is 3.69. The van der Waals surface area contributed by atoms with Crippen molar-refractivity contribution in [1.29, 1.82) is 0 Å². The van der Waals surface area contributed by atoms with Crippen molar-refractivity contribution >= 4 is 11.6 Å². The Bertz CT molecular complexity index is 621. The summed E-state index contributed by atoms with van der Waals surface area (Å²) in [6, 6.07) is 0. The topological polar surface area (TPSA) is 54.4 Å². The molecule has 0 aromatic carbocycles. The Labute approximate surface area is 144 Å². The number of aliphatic hydroxyl groups excluding tert-OH is 1. The van der Waals surface area contributed by atoms with Gasteiger partial charge < -0.3 is 5.11 Å². The van der Waals surface area contributed by atoms with Crippen LogP contribution in [0.3, 0.4) is 0 Å². The number of Topliss-reactive ketones (excluding diaryl/α,β-unsaturated/α-hetero) is 2. The van der Waals surface area contributed by atoms with Crippen LogP contribution < -0.4 is 0 Å². The first kappa shape index (κ1) is 16.5. The molecule has 0 bridgehead atoms. The van der Waals surface area contributed by atoms with Crippen LogP contribution in [0, 0.1) is 34.5 Å². The number of carbonyl (C=O) groups excluding carboxylic acids is 2. The summed E-state index contributed by atoms with van der Waals surface area (Å²) in [6.45, 7) is 6.12. The summed E-state index contributed by atoms with van der Waals surface area (Å²) in [5, 5.41) is 10.1. The van der Waals surface area contributed by atoms with E-state index in [0.29, 0.717) is 30.0 Å². The highest BCUT2D eigenvalue weighted by Crippen LogP contribution is 2.65. The number of allylic oxidation sites excluding steroid dienone is 2. The van der Waals surface area contributed by atoms with Crippen LogP contribution in [0.15, 0.2) is 11.6 Å². The van der Waals surface area contributed by atoms with Crippen molar-refractivity contribution in [3.05, 3.63) is 11.6 Å². The van der Waals surface area contributed by atoms with Gasteiger partial charge in [-0.1, -0.05) is 19.9 Å². The van der Waals surface area contributed by atoms with Gasteiger partial charge in [-0.25, -0.2) is 0 Å². The van der Waals surface area contributed by atoms with E-state index in [0.717, 1.165) is 44.1 Å². The number of hydrogen-bond donors (Lipinski definition) is 1. The van der Waals surface area contributed by atoms with Gasteiger partial charge in [0.2, 0.25) is 0 Å². The molecule has 0 heterocycles. The van der Waals surface area contributed by atoms with Crippen molar-refractivity contribution in [2.45, 2.75) is 71.8 Å². The van der Waals surface area contributed by atoms with E-state index in [1.165, 1.54) is 0 Å². The highest BCUT2D eigenvalue weighted by atomic mass is 16.3. The van der Waals surface area contributed by atoms with Gasteiger partial charge in [-0.05, 0) is 74.2 Å². The highest BCUT2D eigenvalue weighted by molar-refractivity contribution is 5.97. The van der Waals surface area contributed by atoms with E-state index >= 15 is 0 Å². The second-order valence-corrected chi connectivity index (χ2v) is 9.43. The Balaban J connectivity index is 1.69. The lowest BCUT2D eigenvalue weighted by atomic mass is 9.44. The zero-order valence-corrected chi connectivity index (χ0v) is 15.2. The first-order chi connectivity index (χ1) is 11.3. The van der Waals surface area contributed by atoms with Gasteiger partial charge in [0, 0.05) is 17.8 Å². The molecule has 4 rings (SSSR count). The van der Waals surface area contributed by atoms with Crippen LogP contribution in [0.2, 0.25) is 0 Å². The third-order valence-corrected chi connectivity index (χ3v) is 8.29. The molecule has 4 aliphatic carbocycles. The van der Waals surface area contributed by atoms with E-state index in [1.807, 2.05) is 0 Å². The monoisotopic (exact) mass is 330 g/mol. The maximum absolute atomic E-state index is 13.3. The van der Waals surface area contributed by atoms with Crippen molar-refractivity contribution < 1.29 is 14.7 Å². The molecule has 7 atom stereocenters. The van der Waals surface area contributed by atoms with E-state index in [4.69, 9.17) is 0 Å². The molecule has 1 N–H and O–H groups in total. The molecular weight excluding hydrogens is 300 g/mol. The molecule has 0 aromatic heterocycles. The van der Waals surface area contributed by atoms with Gasteiger partial charge in [0.1, 0.15) is 5.78 Å². The SMILES string of the molecule is CC(=O)C1=CCC2[C@@H]3CCC4C[C@H](O)CC[C@]4(C)[C@H]3C(=O)C[C@]12C. The van der Waals surface area contributed by atoms with E-state index in [9.17, 15) is 14.7 Å². The molecule has 0 aliphatic heterocycles. The molecular formula is C21H30O3. The second kappa shape index (κ2) is 5.27. The van der Waals surface area contributed by atoms with Gasteiger partial charge in [0.25, 0.3) is 0 Å². The standard InChI is InChI=1S/C21H30O3/c1-12(22)16-6-7-17-15-5-4-13-10-14(23)8-9-20(13,2)19(15)18(24)11-21(16,17)3/h6,13-15,17,19,23H,4-5,7-11H2,1-3H3/t13?,14-,15+,17?,19-,20+,21-/m1/s1. The van der Waals surface area contributed by atoms with E-state index < -0.39 is 0 Å². The van der Waals surface area contributed by atoms with Crippen LogP contribution in [0.25, 0.3) is 0 Å². The summed E-state index contributed by atoms with van der Waals surface area (Å²) < 4.78 is 0. The zero-order chi connectivity index (χ0) is 17.3. The molecule has 3 heteroatoms. The first-order valence-corrected chi connectivity index (χ1v) is 9.69. The number of aliphatic hydroxyl groups is 1. The van der Waals surface area contributed by atoms with Gasteiger partial charge in [-0.15, -0.1) is 0 Å². The van der Waals surface area contributed by atoms with Crippen LogP contribution in [-0.2, 0) is 9.59 Å². The fraction of sp³-hybridized carbons (Fsp3) is 0.810. The molecule has 3 saturated carbocycles. The summed E-state index contributed by atoms with van der Waals surface area (Å²) in [7, 11) is 0. The van der Waals surface area contributed by atoms with E-state index in [1.54, 1.807) is 6.92 Å². The third-order valence-electron chi connectivity index (χ3n) is 8.29. The average molecular weight is 330 g/mol. The van der Waals surface area contributed by atoms with Crippen LogP contribution in [0.5, 0.6) is 0 Å². The molecule has 2 unspecified atom stereocenters. The molecule has 0 amide bonds. The third kappa shape index (κ3) is 2.06. The smallest absolute Gasteiger partial charge is 0.156 e. The van der Waals surface area contributed by atoms with E-state index in [2.05, 4.69) is 19.9 Å². The molecule has 0 aromatic rings. The van der Waals surface area contributed by atoms with Crippen molar-refractivity contribution in [3.8, 4) is 0 Å². The van der Waals surface area contributed by atoms with Crippen LogP contribution in [0.1, 0.15) is 65.7 Å². The number of carbonyl (C=O) groups is 2. The van der Waals surface area contributed by atoms with Crippen molar-refractivity contribution in [2.75, 3.05) is 0 Å². The van der Waals surface area contributed by atoms with Gasteiger partial charge in [-0.3, -0.25) is 9.59 Å². The lowest BCUT2D eigenvalue weighted by molar-refractivity contribution is -0.158. The van der Waals surface area contributed by atoms with Crippen LogP contribution in [-0.4, -0.2) is 22.8 Å². The quantitative estimate of drug-likeness (QED) is 0.797. The van der Waals surface area contributed by atoms with Crippen LogP contribution in [0.4, 0.5) is 0 Å². The second-order valence-electron chi connectivity index (χ2n) is 9.43. The molecule has 132 valence electrons. The van der Waals surface area contributed by atoms with Crippen LogP contribution >= 0.6 is 0 Å². The summed E-state index contributed by atoms with van der Waals surface area (Å²) in [4.78, 5) is 25.4. The average Bonchev–Trinajstić information content (AvgIpc) is 2.84. The van der Waals surface area contributed by atoms with Crippen molar-refractivity contribution in [1.82, 2.24) is 0 Å². The minimum absolute atomic E-state index is 0.0551. The Kier molecular flexibility index (Phi) is 3.62. The number of rotatable bonds is 1. The maximum Gasteiger partial charge on any atom is 0.156 e. The first-order valence-electron chi connectivity index (χ1n) is 9.69. The Morgan fingerprint density at radius 2 is 2.00 bits per heavy atom. The molecule has 4 aliphatic rings. The van der Waals surface area contributed by atoms with Gasteiger partial charge >= 0.3 is 0 Å². The zero-order valence-electron chi connectivity index (χ0n) is 15.2. The lowest BCUT2D eigenvalue weighted by Gasteiger charge is -2.59. The molecule has 0 radical (unpaired) electrons. The summed E-state index contributed by atoms with van der Waals surface area (Å²) in [6.07, 6.45) is 8.34. The minimum Gasteiger partial charge on any atom is -0.393 e. The fourth-order valence-corrected chi connectivity index (χ4v) is 7.17. The highest BCUT2D eigenvalue weighted by Gasteiger charge is 2.62. The van der Waals surface area contributed by atoms with Gasteiger partial charge in [0.05, 0.1) is 6.10 Å². The van der Waals surface area contributed by atoms with Gasteiger partial charge in [-0.2, -0.15) is 0 Å².